The fraction of sp³-hybridized carbons (Fsp3) is 0.368. The Morgan fingerprint density at radius 2 is 1.80 bits per heavy atom. The van der Waals surface area contributed by atoms with E-state index < -0.39 is 6.10 Å². The second-order valence-corrected chi connectivity index (χ2v) is 6.09. The quantitative estimate of drug-likeness (QED) is 0.738. The highest BCUT2D eigenvalue weighted by molar-refractivity contribution is 5.40. The maximum Gasteiger partial charge on any atom is 0.104 e. The van der Waals surface area contributed by atoms with Crippen LogP contribution in [0.3, 0.4) is 0 Å². The molecule has 1 aromatic rings. The average Bonchev–Trinajstić information content (AvgIpc) is 2.42. The van der Waals surface area contributed by atoms with Crippen molar-refractivity contribution in [2.24, 2.45) is 0 Å². The van der Waals surface area contributed by atoms with E-state index in [9.17, 15) is 5.11 Å². The van der Waals surface area contributed by atoms with Crippen LogP contribution in [0.1, 0.15) is 51.3 Å². The fourth-order valence-electron chi connectivity index (χ4n) is 2.08. The van der Waals surface area contributed by atoms with Gasteiger partial charge in [-0.3, -0.25) is 0 Å². The van der Waals surface area contributed by atoms with Gasteiger partial charge in [0.25, 0.3) is 0 Å². The van der Waals surface area contributed by atoms with Crippen molar-refractivity contribution in [3.8, 4) is 0 Å². The van der Waals surface area contributed by atoms with E-state index in [4.69, 9.17) is 0 Å². The minimum Gasteiger partial charge on any atom is -0.384 e. The molecule has 1 aromatic carbocycles. The van der Waals surface area contributed by atoms with E-state index in [2.05, 4.69) is 46.1 Å². The third kappa shape index (κ3) is 3.94. The van der Waals surface area contributed by atoms with Crippen LogP contribution in [0.2, 0.25) is 0 Å². The molecule has 1 heteroatoms. The summed E-state index contributed by atoms with van der Waals surface area (Å²) < 4.78 is 0. The zero-order valence-corrected chi connectivity index (χ0v) is 13.1. The summed E-state index contributed by atoms with van der Waals surface area (Å²) in [6.45, 7) is 16.3. The van der Waals surface area contributed by atoms with Gasteiger partial charge < -0.3 is 5.11 Å². The summed E-state index contributed by atoms with van der Waals surface area (Å²) in [6.07, 6.45) is 3.71. The standard InChI is InChI=1S/C19H26O/c1-7-9-17(14(3)8-2)18(20)15-10-12-16(13-11-15)19(4,5)6/h7,9-13,18,20H,1,3,8H2,2,4-6H3/b17-9+. The highest BCUT2D eigenvalue weighted by atomic mass is 16.3. The largest absolute Gasteiger partial charge is 0.384 e. The van der Waals surface area contributed by atoms with Gasteiger partial charge in [0, 0.05) is 0 Å². The van der Waals surface area contributed by atoms with Crippen molar-refractivity contribution < 1.29 is 5.11 Å². The van der Waals surface area contributed by atoms with Gasteiger partial charge >= 0.3 is 0 Å². The molecule has 0 saturated heterocycles. The molecule has 0 amide bonds. The minimum atomic E-state index is -0.644. The van der Waals surface area contributed by atoms with Crippen molar-refractivity contribution in [3.05, 3.63) is 71.8 Å². The van der Waals surface area contributed by atoms with Crippen LogP contribution in [0.15, 0.2) is 60.7 Å². The lowest BCUT2D eigenvalue weighted by atomic mass is 9.85. The van der Waals surface area contributed by atoms with E-state index >= 15 is 0 Å². The van der Waals surface area contributed by atoms with Crippen molar-refractivity contribution in [1.82, 2.24) is 0 Å². The van der Waals surface area contributed by atoms with Gasteiger partial charge in [-0.15, -0.1) is 0 Å². The number of aliphatic hydroxyl groups is 1. The Morgan fingerprint density at radius 3 is 2.20 bits per heavy atom. The molecule has 0 spiro atoms. The van der Waals surface area contributed by atoms with E-state index in [-0.39, 0.29) is 5.41 Å². The van der Waals surface area contributed by atoms with Gasteiger partial charge in [-0.25, -0.2) is 0 Å². The summed E-state index contributed by atoms with van der Waals surface area (Å²) in [7, 11) is 0. The first-order valence-corrected chi connectivity index (χ1v) is 7.10. The van der Waals surface area contributed by atoms with Gasteiger partial charge in [0.15, 0.2) is 0 Å². The number of benzene rings is 1. The lowest BCUT2D eigenvalue weighted by Gasteiger charge is -2.21. The third-order valence-corrected chi connectivity index (χ3v) is 3.52. The molecule has 0 aromatic heterocycles. The third-order valence-electron chi connectivity index (χ3n) is 3.52. The lowest BCUT2D eigenvalue weighted by Crippen LogP contribution is -2.11. The molecule has 0 bridgehead atoms. The van der Waals surface area contributed by atoms with Crippen molar-refractivity contribution in [2.75, 3.05) is 0 Å². The number of hydrogen-bond acceptors (Lipinski definition) is 1. The summed E-state index contributed by atoms with van der Waals surface area (Å²) in [6, 6.07) is 8.15. The smallest absolute Gasteiger partial charge is 0.104 e. The molecule has 0 fully saturated rings. The summed E-state index contributed by atoms with van der Waals surface area (Å²) in [5, 5.41) is 10.5. The first-order valence-electron chi connectivity index (χ1n) is 7.10. The van der Waals surface area contributed by atoms with Gasteiger partial charge in [0.2, 0.25) is 0 Å². The first kappa shape index (κ1) is 16.5. The second-order valence-electron chi connectivity index (χ2n) is 6.09. The molecule has 1 atom stereocenters. The van der Waals surface area contributed by atoms with Crippen molar-refractivity contribution in [2.45, 2.75) is 45.6 Å². The lowest BCUT2D eigenvalue weighted by molar-refractivity contribution is 0.217. The number of allylic oxidation sites excluding steroid dienone is 2. The molecule has 0 heterocycles. The van der Waals surface area contributed by atoms with Crippen molar-refractivity contribution in [1.29, 1.82) is 0 Å². The van der Waals surface area contributed by atoms with Crippen molar-refractivity contribution in [3.63, 3.8) is 0 Å². The SMILES string of the molecule is C=C/C=C(\C(=C)CC)C(O)c1ccc(C(C)(C)C)cc1. The Hall–Kier alpha value is -1.60. The molecule has 108 valence electrons. The highest BCUT2D eigenvalue weighted by Crippen LogP contribution is 2.30. The molecule has 20 heavy (non-hydrogen) atoms. The molecule has 0 aliphatic carbocycles. The Labute approximate surface area is 123 Å². The van der Waals surface area contributed by atoms with E-state index in [1.165, 1.54) is 5.56 Å². The predicted octanol–water partition coefficient (Wildman–Crippen LogP) is 5.10. The molecule has 0 aliphatic heterocycles. The molecule has 1 nitrogen and oxygen atoms in total. The maximum absolute atomic E-state index is 10.5. The molecule has 1 rings (SSSR count). The minimum absolute atomic E-state index is 0.121. The summed E-state index contributed by atoms with van der Waals surface area (Å²) in [4.78, 5) is 0. The zero-order valence-electron chi connectivity index (χ0n) is 13.1. The van der Waals surface area contributed by atoms with Crippen LogP contribution in [-0.2, 0) is 5.41 Å². The van der Waals surface area contributed by atoms with Gasteiger partial charge in [-0.1, -0.05) is 77.3 Å². The summed E-state index contributed by atoms with van der Waals surface area (Å²) in [5.41, 5.74) is 4.05. The second kappa shape index (κ2) is 6.71. The summed E-state index contributed by atoms with van der Waals surface area (Å²) >= 11 is 0. The molecule has 0 radical (unpaired) electrons. The van der Waals surface area contributed by atoms with Gasteiger partial charge in [-0.05, 0) is 34.1 Å². The van der Waals surface area contributed by atoms with Crippen LogP contribution in [0, 0.1) is 0 Å². The van der Waals surface area contributed by atoms with Gasteiger partial charge in [-0.2, -0.15) is 0 Å². The van der Waals surface area contributed by atoms with Crippen LogP contribution >= 0.6 is 0 Å². The Balaban J connectivity index is 3.07. The number of rotatable bonds is 5. The van der Waals surface area contributed by atoms with Crippen LogP contribution in [0.4, 0.5) is 0 Å². The maximum atomic E-state index is 10.5. The average molecular weight is 270 g/mol. The molecule has 0 saturated carbocycles. The Bertz CT molecular complexity index is 498. The molecule has 0 aliphatic rings. The summed E-state index contributed by atoms with van der Waals surface area (Å²) in [5.74, 6) is 0. The fourth-order valence-corrected chi connectivity index (χ4v) is 2.08. The van der Waals surface area contributed by atoms with E-state index in [1.807, 2.05) is 25.1 Å². The van der Waals surface area contributed by atoms with Gasteiger partial charge in [0.1, 0.15) is 6.10 Å². The zero-order chi connectivity index (χ0) is 15.3. The van der Waals surface area contributed by atoms with Gasteiger partial charge in [0.05, 0.1) is 0 Å². The van der Waals surface area contributed by atoms with E-state index in [1.54, 1.807) is 6.08 Å². The molecular formula is C19H26O. The predicted molar refractivity (Wildman–Crippen MR) is 87.8 cm³/mol. The molecule has 1 unspecified atom stereocenters. The van der Waals surface area contributed by atoms with Crippen LogP contribution in [0.25, 0.3) is 0 Å². The topological polar surface area (TPSA) is 20.2 Å². The number of aliphatic hydroxyl groups excluding tert-OH is 1. The molecule has 1 N–H and O–H groups in total. The van der Waals surface area contributed by atoms with Crippen LogP contribution in [-0.4, -0.2) is 5.11 Å². The normalized spacial score (nSPS) is 13.9. The monoisotopic (exact) mass is 270 g/mol. The number of hydrogen-bond donors (Lipinski definition) is 1. The van der Waals surface area contributed by atoms with Crippen LogP contribution in [0.5, 0.6) is 0 Å². The highest BCUT2D eigenvalue weighted by Gasteiger charge is 2.17. The van der Waals surface area contributed by atoms with Crippen molar-refractivity contribution >= 4 is 0 Å². The first-order chi connectivity index (χ1) is 9.31. The Morgan fingerprint density at radius 1 is 1.25 bits per heavy atom. The molecular weight excluding hydrogens is 244 g/mol. The van der Waals surface area contributed by atoms with Crippen LogP contribution < -0.4 is 0 Å². The Kier molecular flexibility index (Phi) is 5.52. The van der Waals surface area contributed by atoms with E-state index in [0.717, 1.165) is 23.1 Å². The van der Waals surface area contributed by atoms with E-state index in [0.29, 0.717) is 0 Å².